The molecule has 0 saturated heterocycles. The number of ether oxygens (including phenoxy) is 4. The number of aliphatic carboxylic acids is 1. The third-order valence-electron chi connectivity index (χ3n) is 6.32. The molecular weight excluding hydrogens is 498 g/mol. The molecule has 0 radical (unpaired) electrons. The zero-order valence-electron chi connectivity index (χ0n) is 21.0. The molecule has 1 aliphatic rings. The third-order valence-corrected chi connectivity index (χ3v) is 6.55. The molecule has 9 heteroatoms. The van der Waals surface area contributed by atoms with Gasteiger partial charge in [-0.3, -0.25) is 9.59 Å². The zero-order chi connectivity index (χ0) is 26.7. The zero-order valence-corrected chi connectivity index (χ0v) is 21.7. The van der Waals surface area contributed by atoms with Gasteiger partial charge in [-0.05, 0) is 42.8 Å². The highest BCUT2D eigenvalue weighted by Crippen LogP contribution is 2.44. The molecule has 4 rings (SSSR count). The lowest BCUT2D eigenvalue weighted by Crippen LogP contribution is -2.40. The maximum atomic E-state index is 13.9. The number of carboxylic acid groups (broad SMARTS) is 1. The number of nitrogens with zero attached hydrogens (tertiary/aromatic N) is 1. The van der Waals surface area contributed by atoms with Crippen LogP contribution in [0.2, 0.25) is 5.02 Å². The standard InChI is InChI=1S/C28H28ClNO7/c1-16-6-5-7-20(26(16)36-4)27-21-12-18(29)9-11-22(21)30(28(33)24(37-27)14-25(31)32)15-17-8-10-19(34-2)13-23(17)35-3/h5-13,24,27H,14-15H2,1-4H3,(H,31,32). The van der Waals surface area contributed by atoms with E-state index in [4.69, 9.17) is 30.5 Å². The van der Waals surface area contributed by atoms with E-state index in [9.17, 15) is 14.7 Å². The minimum atomic E-state index is -1.26. The van der Waals surface area contributed by atoms with Crippen LogP contribution >= 0.6 is 11.6 Å². The molecule has 194 valence electrons. The van der Waals surface area contributed by atoms with E-state index in [0.29, 0.717) is 44.6 Å². The number of carbonyl (C=O) groups is 2. The van der Waals surface area contributed by atoms with Crippen molar-refractivity contribution in [1.29, 1.82) is 0 Å². The van der Waals surface area contributed by atoms with E-state index in [-0.39, 0.29) is 6.54 Å². The molecule has 1 amide bonds. The van der Waals surface area contributed by atoms with Crippen LogP contribution < -0.4 is 19.1 Å². The van der Waals surface area contributed by atoms with Crippen LogP contribution in [0.3, 0.4) is 0 Å². The summed E-state index contributed by atoms with van der Waals surface area (Å²) in [5.41, 5.74) is 3.41. The topological polar surface area (TPSA) is 94.5 Å². The second-order valence-electron chi connectivity index (χ2n) is 8.61. The van der Waals surface area contributed by atoms with Crippen molar-refractivity contribution in [3.63, 3.8) is 0 Å². The number of benzene rings is 3. The second-order valence-corrected chi connectivity index (χ2v) is 9.04. The first-order valence-corrected chi connectivity index (χ1v) is 12.0. The van der Waals surface area contributed by atoms with Gasteiger partial charge in [0, 0.05) is 27.8 Å². The van der Waals surface area contributed by atoms with Crippen molar-refractivity contribution in [2.45, 2.75) is 32.1 Å². The fraction of sp³-hybridized carbons (Fsp3) is 0.286. The number of rotatable bonds is 8. The van der Waals surface area contributed by atoms with Crippen LogP contribution in [0.1, 0.15) is 34.8 Å². The van der Waals surface area contributed by atoms with Crippen LogP contribution in [0.5, 0.6) is 17.2 Å². The molecule has 2 atom stereocenters. The highest BCUT2D eigenvalue weighted by atomic mass is 35.5. The fourth-order valence-corrected chi connectivity index (χ4v) is 4.76. The number of halogens is 1. The van der Waals surface area contributed by atoms with Crippen molar-refractivity contribution < 1.29 is 33.6 Å². The summed E-state index contributed by atoms with van der Waals surface area (Å²) >= 11 is 6.42. The number of para-hydroxylation sites is 1. The molecule has 0 aromatic heterocycles. The van der Waals surface area contributed by atoms with E-state index in [1.807, 2.05) is 25.1 Å². The summed E-state index contributed by atoms with van der Waals surface area (Å²) in [5.74, 6) is 0.0793. The highest BCUT2D eigenvalue weighted by molar-refractivity contribution is 6.30. The van der Waals surface area contributed by atoms with E-state index in [0.717, 1.165) is 5.56 Å². The second kappa shape index (κ2) is 11.1. The van der Waals surface area contributed by atoms with Gasteiger partial charge in [0.05, 0.1) is 40.0 Å². The Morgan fingerprint density at radius 1 is 1.03 bits per heavy atom. The Morgan fingerprint density at radius 2 is 1.81 bits per heavy atom. The van der Waals surface area contributed by atoms with Crippen molar-refractivity contribution >= 4 is 29.2 Å². The van der Waals surface area contributed by atoms with E-state index >= 15 is 0 Å². The maximum Gasteiger partial charge on any atom is 0.306 e. The number of hydrogen-bond acceptors (Lipinski definition) is 6. The number of anilines is 1. The molecule has 2 unspecified atom stereocenters. The van der Waals surface area contributed by atoms with Crippen LogP contribution in [0.15, 0.2) is 54.6 Å². The SMILES string of the molecule is COc1ccc(CN2C(=O)C(CC(=O)O)OC(c3cccc(C)c3OC)c3cc(Cl)ccc32)c(OC)c1. The van der Waals surface area contributed by atoms with Crippen LogP contribution in [-0.4, -0.2) is 44.4 Å². The smallest absolute Gasteiger partial charge is 0.306 e. The lowest BCUT2D eigenvalue weighted by molar-refractivity contribution is -0.147. The summed E-state index contributed by atoms with van der Waals surface area (Å²) in [7, 11) is 4.65. The Balaban J connectivity index is 1.91. The number of fused-ring (bicyclic) bond motifs is 1. The minimum absolute atomic E-state index is 0.109. The number of carboxylic acids is 1. The Kier molecular flexibility index (Phi) is 7.90. The van der Waals surface area contributed by atoms with Gasteiger partial charge < -0.3 is 29.0 Å². The maximum absolute atomic E-state index is 13.9. The third kappa shape index (κ3) is 5.35. The fourth-order valence-electron chi connectivity index (χ4n) is 4.58. The summed E-state index contributed by atoms with van der Waals surface area (Å²) in [6.45, 7) is 2.01. The van der Waals surface area contributed by atoms with Crippen molar-refractivity contribution in [2.24, 2.45) is 0 Å². The molecule has 3 aromatic carbocycles. The van der Waals surface area contributed by atoms with Crippen LogP contribution in [0, 0.1) is 6.92 Å². The Bertz CT molecular complexity index is 1330. The molecule has 37 heavy (non-hydrogen) atoms. The van der Waals surface area contributed by atoms with Crippen molar-refractivity contribution in [2.75, 3.05) is 26.2 Å². The lowest BCUT2D eigenvalue weighted by atomic mass is 9.96. The summed E-state index contributed by atoms with van der Waals surface area (Å²) in [4.78, 5) is 27.2. The van der Waals surface area contributed by atoms with Crippen LogP contribution in [0.4, 0.5) is 5.69 Å². The van der Waals surface area contributed by atoms with Gasteiger partial charge in [0.2, 0.25) is 0 Å². The molecular formula is C28H28ClNO7. The monoisotopic (exact) mass is 525 g/mol. The van der Waals surface area contributed by atoms with Gasteiger partial charge in [-0.1, -0.05) is 29.8 Å². The molecule has 0 bridgehead atoms. The van der Waals surface area contributed by atoms with Gasteiger partial charge in [0.15, 0.2) is 0 Å². The van der Waals surface area contributed by atoms with Gasteiger partial charge in [-0.2, -0.15) is 0 Å². The van der Waals surface area contributed by atoms with Gasteiger partial charge in [-0.25, -0.2) is 0 Å². The summed E-state index contributed by atoms with van der Waals surface area (Å²) in [6, 6.07) is 16.1. The highest BCUT2D eigenvalue weighted by Gasteiger charge is 2.39. The Hall–Kier alpha value is -3.75. The summed E-state index contributed by atoms with van der Waals surface area (Å²) in [5, 5.41) is 10.1. The largest absolute Gasteiger partial charge is 0.497 e. The first-order chi connectivity index (χ1) is 17.8. The molecule has 3 aromatic rings. The van der Waals surface area contributed by atoms with Gasteiger partial charge >= 0.3 is 5.97 Å². The predicted octanol–water partition coefficient (Wildman–Crippen LogP) is 5.17. The van der Waals surface area contributed by atoms with E-state index in [1.165, 1.54) is 12.0 Å². The van der Waals surface area contributed by atoms with Crippen molar-refractivity contribution in [1.82, 2.24) is 0 Å². The minimum Gasteiger partial charge on any atom is -0.497 e. The van der Waals surface area contributed by atoms with Crippen molar-refractivity contribution in [3.05, 3.63) is 81.9 Å². The normalized spacial score (nSPS) is 17.1. The summed E-state index contributed by atoms with van der Waals surface area (Å²) in [6.07, 6.45) is -2.58. The molecule has 8 nitrogen and oxygen atoms in total. The van der Waals surface area contributed by atoms with Gasteiger partial charge in [0.25, 0.3) is 5.91 Å². The molecule has 0 saturated carbocycles. The Labute approximate surface area is 220 Å². The Morgan fingerprint density at radius 3 is 2.49 bits per heavy atom. The molecule has 1 aliphatic heterocycles. The average molecular weight is 526 g/mol. The van der Waals surface area contributed by atoms with E-state index in [1.54, 1.807) is 50.6 Å². The quantitative estimate of drug-likeness (QED) is 0.433. The van der Waals surface area contributed by atoms with Gasteiger partial charge in [0.1, 0.15) is 29.5 Å². The first-order valence-electron chi connectivity index (χ1n) is 11.6. The number of amides is 1. The van der Waals surface area contributed by atoms with Crippen molar-refractivity contribution in [3.8, 4) is 17.2 Å². The number of aryl methyl sites for hydroxylation is 1. The molecule has 0 spiro atoms. The van der Waals surface area contributed by atoms with Crippen LogP contribution in [0.25, 0.3) is 0 Å². The molecule has 1 heterocycles. The summed E-state index contributed by atoms with van der Waals surface area (Å²) < 4.78 is 22.8. The number of carbonyl (C=O) groups excluding carboxylic acids is 1. The number of hydrogen-bond donors (Lipinski definition) is 1. The number of methoxy groups -OCH3 is 3. The van der Waals surface area contributed by atoms with Crippen LogP contribution in [-0.2, 0) is 20.9 Å². The molecule has 1 N–H and O–H groups in total. The predicted molar refractivity (Wildman–Crippen MR) is 139 cm³/mol. The molecule has 0 aliphatic carbocycles. The van der Waals surface area contributed by atoms with E-state index < -0.39 is 30.5 Å². The first kappa shape index (κ1) is 26.3. The average Bonchev–Trinajstić information content (AvgIpc) is 2.98. The molecule has 0 fully saturated rings. The lowest BCUT2D eigenvalue weighted by Gasteiger charge is -2.26. The van der Waals surface area contributed by atoms with Gasteiger partial charge in [-0.15, -0.1) is 0 Å². The van der Waals surface area contributed by atoms with E-state index in [2.05, 4.69) is 0 Å².